The van der Waals surface area contributed by atoms with E-state index in [0.717, 1.165) is 10.0 Å². The molecule has 1 aromatic heterocycles. The lowest BCUT2D eigenvalue weighted by atomic mass is 10.2. The van der Waals surface area contributed by atoms with Gasteiger partial charge in [0.2, 0.25) is 0 Å². The van der Waals surface area contributed by atoms with Gasteiger partial charge in [0.25, 0.3) is 5.91 Å². The normalized spacial score (nSPS) is 10.5. The molecule has 0 atom stereocenters. The summed E-state index contributed by atoms with van der Waals surface area (Å²) in [6, 6.07) is 16.8. The Hall–Kier alpha value is -2.60. The molecule has 2 aromatic carbocycles. The first kappa shape index (κ1) is 15.3. The Morgan fingerprint density at radius 1 is 1.09 bits per heavy atom. The second-order valence-electron chi connectivity index (χ2n) is 5.01. The largest absolute Gasteiger partial charge is 0.326 e. The minimum atomic E-state index is -0.332. The van der Waals surface area contributed by atoms with E-state index in [2.05, 4.69) is 26.2 Å². The number of aromatic amines is 1. The monoisotopic (exact) mass is 371 g/mol. The molecule has 5 nitrogen and oxygen atoms in total. The van der Waals surface area contributed by atoms with E-state index in [4.69, 9.17) is 0 Å². The van der Waals surface area contributed by atoms with Crippen molar-refractivity contribution >= 4 is 27.5 Å². The van der Waals surface area contributed by atoms with Crippen LogP contribution in [0.4, 0.5) is 5.69 Å². The average molecular weight is 372 g/mol. The maximum absolute atomic E-state index is 12.4. The summed E-state index contributed by atoms with van der Waals surface area (Å²) in [6.45, 7) is 0.340. The number of hydrogen-bond acceptors (Lipinski definition) is 2. The standard InChI is InChI=1S/C17H14BrN3O2/c18-13-6-8-14(9-7-13)20-16(22)15-10-19-17(23)21(15)11-12-4-2-1-3-5-12/h1-10H,11H2,(H,19,23)(H,20,22). The maximum Gasteiger partial charge on any atom is 0.326 e. The SMILES string of the molecule is O=C(Nc1ccc(Br)cc1)c1c[nH]c(=O)n1Cc1ccccc1. The van der Waals surface area contributed by atoms with Gasteiger partial charge in [-0.15, -0.1) is 0 Å². The van der Waals surface area contributed by atoms with E-state index in [1.54, 1.807) is 12.1 Å². The Morgan fingerprint density at radius 3 is 2.48 bits per heavy atom. The summed E-state index contributed by atoms with van der Waals surface area (Å²) >= 11 is 3.35. The second kappa shape index (κ2) is 6.66. The molecule has 116 valence electrons. The van der Waals surface area contributed by atoms with Crippen LogP contribution >= 0.6 is 15.9 Å². The van der Waals surface area contributed by atoms with Gasteiger partial charge in [0.05, 0.1) is 6.54 Å². The minimum absolute atomic E-state index is 0.293. The van der Waals surface area contributed by atoms with E-state index in [0.29, 0.717) is 17.9 Å². The third-order valence-corrected chi connectivity index (χ3v) is 3.92. The topological polar surface area (TPSA) is 66.9 Å². The molecule has 3 rings (SSSR count). The smallest absolute Gasteiger partial charge is 0.321 e. The number of imidazole rings is 1. The van der Waals surface area contributed by atoms with E-state index >= 15 is 0 Å². The van der Waals surface area contributed by atoms with Gasteiger partial charge in [-0.1, -0.05) is 46.3 Å². The highest BCUT2D eigenvalue weighted by Crippen LogP contribution is 2.15. The fraction of sp³-hybridized carbons (Fsp3) is 0.0588. The van der Waals surface area contributed by atoms with Crippen LogP contribution < -0.4 is 11.0 Å². The zero-order chi connectivity index (χ0) is 16.2. The molecule has 6 heteroatoms. The molecular formula is C17H14BrN3O2. The van der Waals surface area contributed by atoms with Gasteiger partial charge in [0.15, 0.2) is 0 Å². The number of H-pyrrole nitrogens is 1. The van der Waals surface area contributed by atoms with Crippen molar-refractivity contribution in [1.82, 2.24) is 9.55 Å². The molecule has 0 aliphatic carbocycles. The van der Waals surface area contributed by atoms with Gasteiger partial charge in [-0.25, -0.2) is 4.79 Å². The first-order valence-electron chi connectivity index (χ1n) is 7.02. The number of carbonyl (C=O) groups excluding carboxylic acids is 1. The Bertz CT molecular complexity index is 867. The summed E-state index contributed by atoms with van der Waals surface area (Å²) in [5, 5.41) is 2.79. The van der Waals surface area contributed by atoms with Crippen molar-refractivity contribution in [2.45, 2.75) is 6.54 Å². The third-order valence-electron chi connectivity index (χ3n) is 3.39. The van der Waals surface area contributed by atoms with Crippen molar-refractivity contribution < 1.29 is 4.79 Å². The van der Waals surface area contributed by atoms with Crippen molar-refractivity contribution in [3.8, 4) is 0 Å². The molecule has 0 bridgehead atoms. The molecule has 0 radical (unpaired) electrons. The Labute approximate surface area is 141 Å². The van der Waals surface area contributed by atoms with E-state index in [-0.39, 0.29) is 11.6 Å². The molecule has 0 saturated carbocycles. The molecule has 1 amide bonds. The number of halogens is 1. The molecule has 0 aliphatic rings. The van der Waals surface area contributed by atoms with Gasteiger partial charge in [-0.2, -0.15) is 0 Å². The van der Waals surface area contributed by atoms with Crippen LogP contribution in [-0.2, 0) is 6.54 Å². The molecule has 1 heterocycles. The summed E-state index contributed by atoms with van der Waals surface area (Å²) in [5.74, 6) is -0.332. The number of amides is 1. The summed E-state index contributed by atoms with van der Waals surface area (Å²) in [7, 11) is 0. The van der Waals surface area contributed by atoms with Crippen molar-refractivity contribution in [3.05, 3.63) is 87.0 Å². The van der Waals surface area contributed by atoms with Gasteiger partial charge in [-0.3, -0.25) is 9.36 Å². The van der Waals surface area contributed by atoms with E-state index in [1.165, 1.54) is 10.8 Å². The van der Waals surface area contributed by atoms with Crippen LogP contribution in [0, 0.1) is 0 Å². The molecule has 3 aromatic rings. The lowest BCUT2D eigenvalue weighted by Gasteiger charge is -2.08. The minimum Gasteiger partial charge on any atom is -0.321 e. The third kappa shape index (κ3) is 3.60. The number of carbonyl (C=O) groups is 1. The Balaban J connectivity index is 1.84. The molecule has 0 unspecified atom stereocenters. The van der Waals surface area contributed by atoms with Gasteiger partial charge >= 0.3 is 5.69 Å². The number of hydrogen-bond donors (Lipinski definition) is 2. The van der Waals surface area contributed by atoms with Crippen molar-refractivity contribution in [3.63, 3.8) is 0 Å². The van der Waals surface area contributed by atoms with Crippen molar-refractivity contribution in [2.24, 2.45) is 0 Å². The number of anilines is 1. The summed E-state index contributed by atoms with van der Waals surface area (Å²) in [5.41, 5.74) is 1.60. The lowest BCUT2D eigenvalue weighted by Crippen LogP contribution is -2.24. The highest BCUT2D eigenvalue weighted by atomic mass is 79.9. The van der Waals surface area contributed by atoms with Crippen LogP contribution in [0.3, 0.4) is 0 Å². The number of rotatable bonds is 4. The van der Waals surface area contributed by atoms with E-state index < -0.39 is 0 Å². The van der Waals surface area contributed by atoms with Crippen molar-refractivity contribution in [2.75, 3.05) is 5.32 Å². The molecule has 0 saturated heterocycles. The average Bonchev–Trinajstić information content (AvgIpc) is 2.92. The molecule has 2 N–H and O–H groups in total. The van der Waals surface area contributed by atoms with Gasteiger partial charge in [0, 0.05) is 16.4 Å². The molecular weight excluding hydrogens is 358 g/mol. The first-order chi connectivity index (χ1) is 11.1. The molecule has 0 aliphatic heterocycles. The molecule has 23 heavy (non-hydrogen) atoms. The van der Waals surface area contributed by atoms with Crippen LogP contribution in [0.2, 0.25) is 0 Å². The fourth-order valence-corrected chi connectivity index (χ4v) is 2.50. The quantitative estimate of drug-likeness (QED) is 0.739. The van der Waals surface area contributed by atoms with Crippen LogP contribution in [0.15, 0.2) is 70.1 Å². The van der Waals surface area contributed by atoms with Gasteiger partial charge in [-0.05, 0) is 29.8 Å². The summed E-state index contributed by atoms with van der Waals surface area (Å²) in [6.07, 6.45) is 1.43. The van der Waals surface area contributed by atoms with E-state index in [9.17, 15) is 9.59 Å². The predicted molar refractivity (Wildman–Crippen MR) is 92.7 cm³/mol. The van der Waals surface area contributed by atoms with Crippen LogP contribution in [0.1, 0.15) is 16.1 Å². The zero-order valence-electron chi connectivity index (χ0n) is 12.1. The van der Waals surface area contributed by atoms with Crippen LogP contribution in [0.25, 0.3) is 0 Å². The highest BCUT2D eigenvalue weighted by molar-refractivity contribution is 9.10. The predicted octanol–water partition coefficient (Wildman–Crippen LogP) is 3.24. The zero-order valence-corrected chi connectivity index (χ0v) is 13.7. The summed E-state index contributed by atoms with van der Waals surface area (Å²) in [4.78, 5) is 27.0. The van der Waals surface area contributed by atoms with Gasteiger partial charge < -0.3 is 10.3 Å². The number of nitrogens with one attached hydrogen (secondary N) is 2. The lowest BCUT2D eigenvalue weighted by molar-refractivity contribution is 0.101. The fourth-order valence-electron chi connectivity index (χ4n) is 2.23. The van der Waals surface area contributed by atoms with Crippen LogP contribution in [0.5, 0.6) is 0 Å². The maximum atomic E-state index is 12.4. The van der Waals surface area contributed by atoms with Gasteiger partial charge in [0.1, 0.15) is 5.69 Å². The molecule has 0 fully saturated rings. The van der Waals surface area contributed by atoms with E-state index in [1.807, 2.05) is 42.5 Å². The van der Waals surface area contributed by atoms with Crippen molar-refractivity contribution in [1.29, 1.82) is 0 Å². The number of nitrogens with zero attached hydrogens (tertiary/aromatic N) is 1. The number of benzene rings is 2. The Morgan fingerprint density at radius 2 is 1.78 bits per heavy atom. The molecule has 0 spiro atoms. The Kier molecular flexibility index (Phi) is 4.43. The van der Waals surface area contributed by atoms with Crippen LogP contribution in [-0.4, -0.2) is 15.5 Å². The summed E-state index contributed by atoms with van der Waals surface area (Å²) < 4.78 is 2.35. The highest BCUT2D eigenvalue weighted by Gasteiger charge is 2.14. The first-order valence-corrected chi connectivity index (χ1v) is 7.82. The second-order valence-corrected chi connectivity index (χ2v) is 5.93. The number of aromatic nitrogens is 2.